The number of nitrogens with zero attached hydrogens (tertiary/aromatic N) is 1. The van der Waals surface area contributed by atoms with Crippen LogP contribution in [-0.2, 0) is 38.1 Å². The maximum atomic E-state index is 13.3. The third-order valence-electron chi connectivity index (χ3n) is 6.07. The summed E-state index contributed by atoms with van der Waals surface area (Å²) in [5, 5.41) is 2.81. The molecule has 1 amide bonds. The molecule has 1 aromatic carbocycles. The molecule has 1 saturated carbocycles. The molecule has 0 bridgehead atoms. The topological polar surface area (TPSA) is 146 Å². The molecule has 206 valence electrons. The minimum absolute atomic E-state index is 0.0321. The number of aromatic nitrogens is 1. The Bertz CT molecular complexity index is 1320. The lowest BCUT2D eigenvalue weighted by molar-refractivity contribution is -0.118. The Morgan fingerprint density at radius 1 is 1.11 bits per heavy atom. The third-order valence-corrected chi connectivity index (χ3v) is 13.6. The van der Waals surface area contributed by atoms with E-state index >= 15 is 0 Å². The van der Waals surface area contributed by atoms with Crippen molar-refractivity contribution in [3.05, 3.63) is 36.0 Å². The third kappa shape index (κ3) is 8.18. The molecule has 1 atom stereocenters. The summed E-state index contributed by atoms with van der Waals surface area (Å²) in [5.41, 5.74) is -0.149. The molecule has 0 unspecified atom stereocenters. The van der Waals surface area contributed by atoms with Crippen LogP contribution >= 0.6 is 18.9 Å². The van der Waals surface area contributed by atoms with Gasteiger partial charge in [0.05, 0.1) is 30.2 Å². The monoisotopic (exact) mass is 592 g/mol. The van der Waals surface area contributed by atoms with Gasteiger partial charge in [0.25, 0.3) is 0 Å². The number of sulfone groups is 2. The van der Waals surface area contributed by atoms with Crippen molar-refractivity contribution in [1.82, 2.24) is 4.98 Å². The number of thiazole rings is 1. The first kappa shape index (κ1) is 29.9. The highest BCUT2D eigenvalue weighted by atomic mass is 32.2. The summed E-state index contributed by atoms with van der Waals surface area (Å²) in [7, 11) is -11.3. The largest absolute Gasteiger partial charge is 0.346 e. The fraction of sp³-hybridized carbons (Fsp3) is 0.565. The van der Waals surface area contributed by atoms with E-state index in [4.69, 9.17) is 9.05 Å². The Morgan fingerprint density at radius 3 is 2.24 bits per heavy atom. The second kappa shape index (κ2) is 12.5. The molecule has 1 aromatic heterocycles. The summed E-state index contributed by atoms with van der Waals surface area (Å²) in [4.78, 5) is 17.6. The van der Waals surface area contributed by atoms with Crippen molar-refractivity contribution in [1.29, 1.82) is 0 Å². The zero-order valence-corrected chi connectivity index (χ0v) is 24.4. The van der Waals surface area contributed by atoms with Gasteiger partial charge in [-0.05, 0) is 43.9 Å². The van der Waals surface area contributed by atoms with Crippen LogP contribution in [0.3, 0.4) is 0 Å². The molecule has 1 aliphatic rings. The smallest absolute Gasteiger partial charge is 0.308 e. The molecule has 3 rings (SSSR count). The average Bonchev–Trinajstić information content (AvgIpc) is 3.49. The maximum absolute atomic E-state index is 13.3. The van der Waals surface area contributed by atoms with E-state index in [2.05, 4.69) is 10.3 Å². The molecular weight excluding hydrogens is 559 g/mol. The maximum Gasteiger partial charge on any atom is 0.346 e. The molecule has 0 radical (unpaired) electrons. The standard InChI is InChI=1S/C23H33N2O8PS3/c1-4-32-34(27,33-5-2)16-37(30,31)21-15-24-23(35-21)25-22(26)20(14-17-8-6-7-9-17)18-10-12-19(13-11-18)36(3,28)29/h10-13,15,17,20H,4-9,14,16H2,1-3H3,(H,24,25,26)/t20-/m1/s1. The zero-order chi connectivity index (χ0) is 27.3. The number of amides is 1. The first-order valence-corrected chi connectivity index (χ1v) is 18.1. The summed E-state index contributed by atoms with van der Waals surface area (Å²) >= 11 is 0.764. The van der Waals surface area contributed by atoms with Crippen molar-refractivity contribution in [3.63, 3.8) is 0 Å². The molecular formula is C23H33N2O8PS3. The summed E-state index contributed by atoms with van der Waals surface area (Å²) < 4.78 is 72.2. The first-order valence-electron chi connectivity index (χ1n) is 12.0. The van der Waals surface area contributed by atoms with Crippen molar-refractivity contribution in [2.45, 2.75) is 61.0 Å². The molecule has 1 heterocycles. The quantitative estimate of drug-likeness (QED) is 0.323. The lowest BCUT2D eigenvalue weighted by Gasteiger charge is -2.20. The zero-order valence-electron chi connectivity index (χ0n) is 21.1. The molecule has 1 fully saturated rings. The van der Waals surface area contributed by atoms with Gasteiger partial charge < -0.3 is 14.4 Å². The van der Waals surface area contributed by atoms with Crippen LogP contribution < -0.4 is 5.32 Å². The lowest BCUT2D eigenvalue weighted by atomic mass is 9.87. The number of anilines is 1. The van der Waals surface area contributed by atoms with Gasteiger partial charge in [0, 0.05) is 6.26 Å². The highest BCUT2D eigenvalue weighted by molar-refractivity contribution is 7.99. The summed E-state index contributed by atoms with van der Waals surface area (Å²) in [5.74, 6) is -0.549. The Kier molecular flexibility index (Phi) is 10.1. The van der Waals surface area contributed by atoms with Gasteiger partial charge in [-0.3, -0.25) is 9.36 Å². The number of carbonyl (C=O) groups is 1. The molecule has 0 spiro atoms. The average molecular weight is 593 g/mol. The van der Waals surface area contributed by atoms with Crippen LogP contribution in [0.5, 0.6) is 0 Å². The van der Waals surface area contributed by atoms with E-state index in [0.717, 1.165) is 49.5 Å². The van der Waals surface area contributed by atoms with E-state index in [1.54, 1.807) is 26.0 Å². The number of hydrogen-bond donors (Lipinski definition) is 1. The molecule has 2 aromatic rings. The van der Waals surface area contributed by atoms with Gasteiger partial charge in [-0.25, -0.2) is 21.8 Å². The highest BCUT2D eigenvalue weighted by Crippen LogP contribution is 2.50. The summed E-state index contributed by atoms with van der Waals surface area (Å²) in [6, 6.07) is 6.27. The van der Waals surface area contributed by atoms with Gasteiger partial charge in [0.15, 0.2) is 20.5 Å². The van der Waals surface area contributed by atoms with Crippen molar-refractivity contribution >= 4 is 49.6 Å². The van der Waals surface area contributed by atoms with Gasteiger partial charge in [-0.2, -0.15) is 0 Å². The number of carbonyl (C=O) groups excluding carboxylic acids is 1. The van der Waals surface area contributed by atoms with Crippen LogP contribution in [0, 0.1) is 5.92 Å². The fourth-order valence-electron chi connectivity index (χ4n) is 4.35. The van der Waals surface area contributed by atoms with E-state index < -0.39 is 38.7 Å². The Morgan fingerprint density at radius 2 is 1.70 bits per heavy atom. The fourth-order valence-corrected chi connectivity index (χ4v) is 10.6. The van der Waals surface area contributed by atoms with E-state index in [9.17, 15) is 26.2 Å². The predicted molar refractivity (Wildman–Crippen MR) is 143 cm³/mol. The normalized spacial score (nSPS) is 16.1. The molecule has 14 heteroatoms. The van der Waals surface area contributed by atoms with Crippen molar-refractivity contribution in [2.75, 3.05) is 30.3 Å². The van der Waals surface area contributed by atoms with Crippen LogP contribution in [0.15, 0.2) is 39.6 Å². The second-order valence-electron chi connectivity index (χ2n) is 8.94. The SMILES string of the molecule is CCOP(=O)(CS(=O)(=O)c1cnc(NC(=O)[C@H](CC2CCCC2)c2ccc(S(C)(=O)=O)cc2)s1)OCC. The van der Waals surface area contributed by atoms with Crippen LogP contribution in [0.1, 0.15) is 57.4 Å². The predicted octanol–water partition coefficient (Wildman–Crippen LogP) is 4.85. The van der Waals surface area contributed by atoms with Crippen molar-refractivity contribution in [3.8, 4) is 0 Å². The van der Waals surface area contributed by atoms with Crippen LogP contribution in [0.25, 0.3) is 0 Å². The van der Waals surface area contributed by atoms with Gasteiger partial charge >= 0.3 is 7.60 Å². The second-order valence-corrected chi connectivity index (χ2v) is 16.7. The summed E-state index contributed by atoms with van der Waals surface area (Å²) in [6.07, 6.45) is 7.08. The van der Waals surface area contributed by atoms with Crippen molar-refractivity contribution in [2.24, 2.45) is 5.92 Å². The molecule has 0 saturated heterocycles. The van der Waals surface area contributed by atoms with Crippen molar-refractivity contribution < 1.29 is 35.2 Å². The Labute approximate surface area is 222 Å². The highest BCUT2D eigenvalue weighted by Gasteiger charge is 2.34. The van der Waals surface area contributed by atoms with E-state index in [0.29, 0.717) is 17.9 Å². The number of rotatable bonds is 13. The van der Waals surface area contributed by atoms with Crippen LogP contribution in [0.2, 0.25) is 0 Å². The van der Waals surface area contributed by atoms with Gasteiger partial charge in [-0.15, -0.1) is 0 Å². The van der Waals surface area contributed by atoms with Gasteiger partial charge in [-0.1, -0.05) is 49.2 Å². The number of nitrogens with one attached hydrogen (secondary N) is 1. The minimum atomic E-state index is -4.05. The summed E-state index contributed by atoms with van der Waals surface area (Å²) in [6.45, 7) is 3.25. The van der Waals surface area contributed by atoms with E-state index in [-0.39, 0.29) is 33.4 Å². The van der Waals surface area contributed by atoms with Crippen LogP contribution in [0.4, 0.5) is 5.13 Å². The number of hydrogen-bond acceptors (Lipinski definition) is 10. The van der Waals surface area contributed by atoms with Gasteiger partial charge in [0.1, 0.15) is 4.21 Å². The molecule has 1 N–H and O–H groups in total. The molecule has 1 aliphatic carbocycles. The van der Waals surface area contributed by atoms with E-state index in [1.165, 1.54) is 12.1 Å². The number of benzene rings is 1. The Balaban J connectivity index is 1.80. The molecule has 0 aliphatic heterocycles. The van der Waals surface area contributed by atoms with Crippen LogP contribution in [-0.4, -0.2) is 52.7 Å². The molecule has 10 nitrogen and oxygen atoms in total. The minimum Gasteiger partial charge on any atom is -0.308 e. The van der Waals surface area contributed by atoms with Gasteiger partial charge in [0.2, 0.25) is 15.7 Å². The lowest BCUT2D eigenvalue weighted by Crippen LogP contribution is -2.23. The Hall–Kier alpha value is -1.63. The van der Waals surface area contributed by atoms with E-state index in [1.807, 2.05) is 0 Å². The first-order chi connectivity index (χ1) is 17.4. The molecule has 37 heavy (non-hydrogen) atoms.